The molecule has 18 heavy (non-hydrogen) atoms. The summed E-state index contributed by atoms with van der Waals surface area (Å²) in [6.45, 7) is 2.46. The molecule has 2 fully saturated rings. The minimum Gasteiger partial charge on any atom is -0.393 e. The molecule has 0 bridgehead atoms. The third kappa shape index (κ3) is 2.15. The Morgan fingerprint density at radius 2 is 2.00 bits per heavy atom. The molecule has 98 valence electrons. The van der Waals surface area contributed by atoms with Crippen LogP contribution in [0.3, 0.4) is 0 Å². The number of aliphatic hydroxyl groups is 1. The van der Waals surface area contributed by atoms with Crippen molar-refractivity contribution in [2.45, 2.75) is 25.5 Å². The quantitative estimate of drug-likeness (QED) is 0.873. The topological polar surface area (TPSA) is 23.5 Å². The Bertz CT molecular complexity index is 451. The fourth-order valence-corrected chi connectivity index (χ4v) is 3.35. The molecule has 1 aromatic rings. The molecule has 1 saturated carbocycles. The summed E-state index contributed by atoms with van der Waals surface area (Å²) in [5.74, 6) is -0.639. The molecule has 2 nitrogen and oxygen atoms in total. The fraction of sp³-hybridized carbons (Fsp3) is 0.571. The third-order valence-electron chi connectivity index (χ3n) is 4.28. The highest BCUT2D eigenvalue weighted by atomic mass is 19.2. The van der Waals surface area contributed by atoms with Gasteiger partial charge < -0.3 is 5.11 Å². The van der Waals surface area contributed by atoms with E-state index in [4.69, 9.17) is 0 Å². The number of hydrogen-bond donors (Lipinski definition) is 1. The lowest BCUT2D eigenvalue weighted by Crippen LogP contribution is -2.24. The molecule has 0 radical (unpaired) electrons. The lowest BCUT2D eigenvalue weighted by Gasteiger charge is -2.18. The van der Waals surface area contributed by atoms with E-state index in [0.717, 1.165) is 31.5 Å². The third-order valence-corrected chi connectivity index (χ3v) is 4.28. The first-order valence-corrected chi connectivity index (χ1v) is 6.48. The second kappa shape index (κ2) is 4.59. The van der Waals surface area contributed by atoms with Crippen molar-refractivity contribution >= 4 is 0 Å². The van der Waals surface area contributed by atoms with Gasteiger partial charge in [0, 0.05) is 25.6 Å². The molecule has 0 aromatic heterocycles. The molecule has 1 heterocycles. The van der Waals surface area contributed by atoms with Crippen LogP contribution in [-0.4, -0.2) is 29.2 Å². The van der Waals surface area contributed by atoms with Gasteiger partial charge >= 0.3 is 0 Å². The van der Waals surface area contributed by atoms with Crippen molar-refractivity contribution in [2.24, 2.45) is 11.8 Å². The zero-order valence-electron chi connectivity index (χ0n) is 10.1. The first-order valence-electron chi connectivity index (χ1n) is 6.48. The van der Waals surface area contributed by atoms with Crippen molar-refractivity contribution in [3.05, 3.63) is 35.4 Å². The van der Waals surface area contributed by atoms with E-state index in [9.17, 15) is 13.9 Å². The van der Waals surface area contributed by atoms with Gasteiger partial charge in [0.2, 0.25) is 0 Å². The number of likely N-dealkylation sites (tertiary alicyclic amines) is 1. The van der Waals surface area contributed by atoms with Gasteiger partial charge in [-0.2, -0.15) is 0 Å². The van der Waals surface area contributed by atoms with Crippen LogP contribution >= 0.6 is 0 Å². The second-order valence-corrected chi connectivity index (χ2v) is 5.51. The Hall–Kier alpha value is -1.00. The summed E-state index contributed by atoms with van der Waals surface area (Å²) in [6, 6.07) is 4.07. The van der Waals surface area contributed by atoms with E-state index in [-0.39, 0.29) is 6.10 Å². The van der Waals surface area contributed by atoms with Crippen molar-refractivity contribution in [1.82, 2.24) is 4.90 Å². The zero-order chi connectivity index (χ0) is 12.7. The molecule has 3 rings (SSSR count). The van der Waals surface area contributed by atoms with Crippen molar-refractivity contribution in [1.29, 1.82) is 0 Å². The zero-order valence-corrected chi connectivity index (χ0v) is 10.1. The molecule has 0 spiro atoms. The molecule has 0 unspecified atom stereocenters. The number of hydrogen-bond acceptors (Lipinski definition) is 2. The molecule has 1 N–H and O–H groups in total. The molecule has 0 amide bonds. The first-order chi connectivity index (χ1) is 8.63. The standard InChI is InChI=1S/C14H17F2NO/c15-12-3-1-9(5-13(12)16)6-17-7-10-2-4-14(18)11(10)8-17/h1,3,5,10-11,14,18H,2,4,6-8H2/t10-,11+,14-/m1/s1. The summed E-state index contributed by atoms with van der Waals surface area (Å²) in [5.41, 5.74) is 0.795. The van der Waals surface area contributed by atoms with Gasteiger partial charge in [0.25, 0.3) is 0 Å². The Balaban J connectivity index is 1.66. The summed E-state index contributed by atoms with van der Waals surface area (Å²) in [6.07, 6.45) is 1.82. The number of fused-ring (bicyclic) bond motifs is 1. The van der Waals surface area contributed by atoms with Gasteiger partial charge in [0.1, 0.15) is 0 Å². The number of aliphatic hydroxyl groups excluding tert-OH is 1. The van der Waals surface area contributed by atoms with Crippen LogP contribution in [0.1, 0.15) is 18.4 Å². The van der Waals surface area contributed by atoms with E-state index in [1.54, 1.807) is 6.07 Å². The molecule has 2 aliphatic rings. The van der Waals surface area contributed by atoms with E-state index in [0.29, 0.717) is 18.4 Å². The fourth-order valence-electron chi connectivity index (χ4n) is 3.35. The van der Waals surface area contributed by atoms with Gasteiger partial charge in [-0.3, -0.25) is 4.90 Å². The van der Waals surface area contributed by atoms with Crippen molar-refractivity contribution < 1.29 is 13.9 Å². The first kappa shape index (κ1) is 12.1. The maximum atomic E-state index is 13.1. The van der Waals surface area contributed by atoms with Crippen LogP contribution in [0.2, 0.25) is 0 Å². The van der Waals surface area contributed by atoms with E-state index in [2.05, 4.69) is 4.90 Å². The average molecular weight is 253 g/mol. The second-order valence-electron chi connectivity index (χ2n) is 5.51. The van der Waals surface area contributed by atoms with Crippen LogP contribution in [0.4, 0.5) is 8.78 Å². The minimum atomic E-state index is -0.799. The Morgan fingerprint density at radius 3 is 2.72 bits per heavy atom. The van der Waals surface area contributed by atoms with Gasteiger partial charge in [-0.05, 0) is 36.5 Å². The molecule has 1 aliphatic carbocycles. The Morgan fingerprint density at radius 1 is 1.17 bits per heavy atom. The SMILES string of the molecule is O[C@@H]1CC[C@@H]2CN(Cc3ccc(F)c(F)c3)C[C@@H]21. The smallest absolute Gasteiger partial charge is 0.159 e. The number of benzene rings is 1. The lowest BCUT2D eigenvalue weighted by atomic mass is 10.00. The summed E-state index contributed by atoms with van der Waals surface area (Å²) >= 11 is 0. The van der Waals surface area contributed by atoms with Crippen molar-refractivity contribution in [2.75, 3.05) is 13.1 Å². The Kier molecular flexibility index (Phi) is 3.08. The van der Waals surface area contributed by atoms with Crippen molar-refractivity contribution in [3.8, 4) is 0 Å². The van der Waals surface area contributed by atoms with Gasteiger partial charge in [-0.25, -0.2) is 8.78 Å². The van der Waals surface area contributed by atoms with E-state index in [1.165, 1.54) is 12.1 Å². The largest absolute Gasteiger partial charge is 0.393 e. The molecule has 1 aliphatic heterocycles. The maximum absolute atomic E-state index is 13.1. The van der Waals surface area contributed by atoms with Gasteiger partial charge in [0.15, 0.2) is 11.6 Å². The molecule has 3 atom stereocenters. The van der Waals surface area contributed by atoms with Crippen LogP contribution in [0.25, 0.3) is 0 Å². The average Bonchev–Trinajstić information content (AvgIpc) is 2.87. The predicted octanol–water partition coefficient (Wildman–Crippen LogP) is 2.17. The normalized spacial score (nSPS) is 31.8. The summed E-state index contributed by atoms with van der Waals surface area (Å²) < 4.78 is 25.9. The van der Waals surface area contributed by atoms with Crippen LogP contribution in [-0.2, 0) is 6.54 Å². The van der Waals surface area contributed by atoms with E-state index < -0.39 is 11.6 Å². The summed E-state index contributed by atoms with van der Waals surface area (Å²) in [7, 11) is 0. The van der Waals surface area contributed by atoms with E-state index in [1.807, 2.05) is 0 Å². The highest BCUT2D eigenvalue weighted by Crippen LogP contribution is 2.38. The molecule has 4 heteroatoms. The van der Waals surface area contributed by atoms with Gasteiger partial charge in [-0.15, -0.1) is 0 Å². The van der Waals surface area contributed by atoms with Crippen LogP contribution in [0, 0.1) is 23.5 Å². The molecule has 1 aromatic carbocycles. The molecule has 1 saturated heterocycles. The monoisotopic (exact) mass is 253 g/mol. The summed E-state index contributed by atoms with van der Waals surface area (Å²) in [5, 5.41) is 9.83. The predicted molar refractivity (Wildman–Crippen MR) is 63.9 cm³/mol. The van der Waals surface area contributed by atoms with Crippen molar-refractivity contribution in [3.63, 3.8) is 0 Å². The van der Waals surface area contributed by atoms with Gasteiger partial charge in [-0.1, -0.05) is 6.07 Å². The van der Waals surface area contributed by atoms with E-state index >= 15 is 0 Å². The van der Waals surface area contributed by atoms with Crippen LogP contribution < -0.4 is 0 Å². The number of rotatable bonds is 2. The molecular formula is C14H17F2NO. The van der Waals surface area contributed by atoms with Crippen LogP contribution in [0.5, 0.6) is 0 Å². The highest BCUT2D eigenvalue weighted by Gasteiger charge is 2.41. The Labute approximate surface area is 105 Å². The number of halogens is 2. The number of nitrogens with zero attached hydrogens (tertiary/aromatic N) is 1. The maximum Gasteiger partial charge on any atom is 0.159 e. The summed E-state index contributed by atoms with van der Waals surface area (Å²) in [4.78, 5) is 2.23. The highest BCUT2D eigenvalue weighted by molar-refractivity contribution is 5.18. The minimum absolute atomic E-state index is 0.176. The molecular weight excluding hydrogens is 236 g/mol. The van der Waals surface area contributed by atoms with Gasteiger partial charge in [0.05, 0.1) is 6.10 Å². The van der Waals surface area contributed by atoms with Crippen LogP contribution in [0.15, 0.2) is 18.2 Å². The lowest BCUT2D eigenvalue weighted by molar-refractivity contribution is 0.123.